The number of rotatable bonds is 5. The van der Waals surface area contributed by atoms with Crippen molar-refractivity contribution in [1.29, 1.82) is 0 Å². The molecular formula is C13H15BrN4O2. The highest BCUT2D eigenvalue weighted by Crippen LogP contribution is 2.38. The van der Waals surface area contributed by atoms with Gasteiger partial charge >= 0.3 is 0 Å². The van der Waals surface area contributed by atoms with Crippen LogP contribution < -0.4 is 5.32 Å². The highest BCUT2D eigenvalue weighted by atomic mass is 79.9. The van der Waals surface area contributed by atoms with Crippen LogP contribution in [0.1, 0.15) is 47.9 Å². The molecule has 0 atom stereocenters. The molecule has 20 heavy (non-hydrogen) atoms. The second-order valence-corrected chi connectivity index (χ2v) is 5.75. The molecule has 7 heteroatoms. The minimum atomic E-state index is -0.149. The fourth-order valence-electron chi connectivity index (χ4n) is 2.02. The Hall–Kier alpha value is -1.63. The number of halogens is 1. The molecule has 1 fully saturated rings. The number of aryl methyl sites for hydroxylation is 1. The Morgan fingerprint density at radius 2 is 2.40 bits per heavy atom. The van der Waals surface area contributed by atoms with Gasteiger partial charge in [0.15, 0.2) is 5.82 Å². The fourth-order valence-corrected chi connectivity index (χ4v) is 2.48. The van der Waals surface area contributed by atoms with Crippen LogP contribution in [-0.4, -0.2) is 20.6 Å². The molecule has 1 saturated carbocycles. The zero-order chi connectivity index (χ0) is 14.1. The van der Waals surface area contributed by atoms with E-state index in [0.717, 1.165) is 29.7 Å². The lowest BCUT2D eigenvalue weighted by Crippen LogP contribution is -2.25. The molecule has 0 radical (unpaired) electrons. The summed E-state index contributed by atoms with van der Waals surface area (Å²) in [4.78, 5) is 16.4. The molecule has 1 N–H and O–H groups in total. The maximum atomic E-state index is 12.1. The number of carbonyl (C=O) groups excluding carboxylic acids is 1. The van der Waals surface area contributed by atoms with Crippen LogP contribution in [0.15, 0.2) is 21.3 Å². The first-order valence-electron chi connectivity index (χ1n) is 6.63. The van der Waals surface area contributed by atoms with E-state index in [2.05, 4.69) is 31.4 Å². The third-order valence-electron chi connectivity index (χ3n) is 3.26. The molecule has 0 unspecified atom stereocenters. The van der Waals surface area contributed by atoms with Gasteiger partial charge in [0, 0.05) is 23.1 Å². The molecule has 106 valence electrons. The van der Waals surface area contributed by atoms with E-state index in [0.29, 0.717) is 17.5 Å². The highest BCUT2D eigenvalue weighted by molar-refractivity contribution is 9.10. The number of carbonyl (C=O) groups is 1. The Kier molecular flexibility index (Phi) is 3.60. The van der Waals surface area contributed by atoms with Gasteiger partial charge in [0.2, 0.25) is 5.89 Å². The van der Waals surface area contributed by atoms with E-state index in [-0.39, 0.29) is 12.5 Å². The van der Waals surface area contributed by atoms with Crippen LogP contribution in [0.3, 0.4) is 0 Å². The van der Waals surface area contributed by atoms with Crippen LogP contribution in [-0.2, 0) is 13.1 Å². The molecule has 0 spiro atoms. The summed E-state index contributed by atoms with van der Waals surface area (Å²) in [5, 5.41) is 6.72. The van der Waals surface area contributed by atoms with Crippen LogP contribution in [0.25, 0.3) is 0 Å². The van der Waals surface area contributed by atoms with Crippen molar-refractivity contribution in [2.75, 3.05) is 0 Å². The summed E-state index contributed by atoms with van der Waals surface area (Å²) in [6, 6.07) is 1.79. The zero-order valence-electron chi connectivity index (χ0n) is 11.1. The van der Waals surface area contributed by atoms with Crippen LogP contribution in [0.5, 0.6) is 0 Å². The first-order valence-corrected chi connectivity index (χ1v) is 7.43. The maximum Gasteiger partial charge on any atom is 0.268 e. The summed E-state index contributed by atoms with van der Waals surface area (Å²) in [5.41, 5.74) is 0.612. The van der Waals surface area contributed by atoms with E-state index in [1.165, 1.54) is 0 Å². The first kappa shape index (κ1) is 13.4. The largest absolute Gasteiger partial charge is 0.343 e. The van der Waals surface area contributed by atoms with E-state index >= 15 is 0 Å². The van der Waals surface area contributed by atoms with Crippen molar-refractivity contribution in [1.82, 2.24) is 20.0 Å². The van der Waals surface area contributed by atoms with E-state index < -0.39 is 0 Å². The molecule has 2 heterocycles. The summed E-state index contributed by atoms with van der Waals surface area (Å²) in [6.07, 6.45) is 4.14. The number of aromatic nitrogens is 3. The van der Waals surface area contributed by atoms with E-state index in [1.54, 1.807) is 6.07 Å². The smallest absolute Gasteiger partial charge is 0.268 e. The lowest BCUT2D eigenvalue weighted by molar-refractivity contribution is 0.0937. The fraction of sp³-hybridized carbons (Fsp3) is 0.462. The molecule has 0 aliphatic heterocycles. The van der Waals surface area contributed by atoms with Crippen molar-refractivity contribution in [3.05, 3.63) is 34.1 Å². The molecule has 2 aromatic heterocycles. The third-order valence-corrected chi connectivity index (χ3v) is 3.70. The first-order chi connectivity index (χ1) is 9.67. The molecule has 1 amide bonds. The number of hydrogen-bond donors (Lipinski definition) is 1. The minimum absolute atomic E-state index is 0.149. The molecule has 6 nitrogen and oxygen atoms in total. The molecule has 1 aliphatic carbocycles. The molecule has 2 aromatic rings. The molecule has 3 rings (SSSR count). The van der Waals surface area contributed by atoms with Gasteiger partial charge < -0.3 is 14.4 Å². The third kappa shape index (κ3) is 2.77. The molecule has 0 saturated heterocycles. The second kappa shape index (κ2) is 5.40. The Morgan fingerprint density at radius 1 is 1.60 bits per heavy atom. The van der Waals surface area contributed by atoms with Crippen molar-refractivity contribution >= 4 is 21.8 Å². The van der Waals surface area contributed by atoms with Gasteiger partial charge in [-0.25, -0.2) is 0 Å². The van der Waals surface area contributed by atoms with E-state index in [1.807, 2.05) is 17.7 Å². The van der Waals surface area contributed by atoms with Crippen molar-refractivity contribution in [2.45, 2.75) is 38.8 Å². The van der Waals surface area contributed by atoms with Crippen LogP contribution in [0.4, 0.5) is 0 Å². The van der Waals surface area contributed by atoms with E-state index in [4.69, 9.17) is 4.52 Å². The summed E-state index contributed by atoms with van der Waals surface area (Å²) in [5.74, 6) is 1.52. The summed E-state index contributed by atoms with van der Waals surface area (Å²) in [7, 11) is 0. The van der Waals surface area contributed by atoms with Gasteiger partial charge in [-0.15, -0.1) is 0 Å². The van der Waals surface area contributed by atoms with Gasteiger partial charge in [0.1, 0.15) is 5.69 Å². The normalized spacial score (nSPS) is 14.5. The van der Waals surface area contributed by atoms with Crippen molar-refractivity contribution in [2.24, 2.45) is 0 Å². The number of hydrogen-bond acceptors (Lipinski definition) is 4. The summed E-state index contributed by atoms with van der Waals surface area (Å²) < 4.78 is 7.89. The molecule has 1 aliphatic rings. The average Bonchev–Trinajstić information content (AvgIpc) is 3.06. The van der Waals surface area contributed by atoms with Gasteiger partial charge in [0.05, 0.1) is 6.54 Å². The standard InChI is InChI=1S/C13H15BrN4O2/c1-2-18-7-9(14)5-10(18)13(19)15-6-11-16-12(17-20-11)8-3-4-8/h5,7-8H,2-4,6H2,1H3,(H,15,19). The predicted molar refractivity (Wildman–Crippen MR) is 75.2 cm³/mol. The van der Waals surface area contributed by atoms with Gasteiger partial charge in [-0.1, -0.05) is 5.16 Å². The van der Waals surface area contributed by atoms with Crippen molar-refractivity contribution in [3.63, 3.8) is 0 Å². The van der Waals surface area contributed by atoms with Gasteiger partial charge in [-0.2, -0.15) is 4.98 Å². The quantitative estimate of drug-likeness (QED) is 0.908. The zero-order valence-corrected chi connectivity index (χ0v) is 12.7. The van der Waals surface area contributed by atoms with Crippen LogP contribution in [0, 0.1) is 0 Å². The highest BCUT2D eigenvalue weighted by Gasteiger charge is 2.28. The molecular weight excluding hydrogens is 324 g/mol. The molecule has 0 bridgehead atoms. The number of amides is 1. The predicted octanol–water partition coefficient (Wildman–Crippen LogP) is 2.46. The number of nitrogens with zero attached hydrogens (tertiary/aromatic N) is 3. The maximum absolute atomic E-state index is 12.1. The van der Waals surface area contributed by atoms with Crippen LogP contribution >= 0.6 is 15.9 Å². The Morgan fingerprint density at radius 3 is 3.10 bits per heavy atom. The Bertz CT molecular complexity index is 630. The molecule has 0 aromatic carbocycles. The Balaban J connectivity index is 1.63. The SMILES string of the molecule is CCn1cc(Br)cc1C(=O)NCc1nc(C2CC2)no1. The topological polar surface area (TPSA) is 73.0 Å². The van der Waals surface area contributed by atoms with E-state index in [9.17, 15) is 4.79 Å². The minimum Gasteiger partial charge on any atom is -0.343 e. The van der Waals surface area contributed by atoms with Gasteiger partial charge in [-0.3, -0.25) is 4.79 Å². The summed E-state index contributed by atoms with van der Waals surface area (Å²) >= 11 is 3.37. The lowest BCUT2D eigenvalue weighted by atomic mass is 10.4. The summed E-state index contributed by atoms with van der Waals surface area (Å²) in [6.45, 7) is 2.98. The van der Waals surface area contributed by atoms with Gasteiger partial charge in [-0.05, 0) is 41.8 Å². The van der Waals surface area contributed by atoms with Crippen molar-refractivity contribution < 1.29 is 9.32 Å². The lowest BCUT2D eigenvalue weighted by Gasteiger charge is -2.05. The van der Waals surface area contributed by atoms with Gasteiger partial charge in [0.25, 0.3) is 5.91 Å². The Labute approximate surface area is 124 Å². The second-order valence-electron chi connectivity index (χ2n) is 4.83. The van der Waals surface area contributed by atoms with Crippen LogP contribution in [0.2, 0.25) is 0 Å². The number of nitrogens with one attached hydrogen (secondary N) is 1. The monoisotopic (exact) mass is 338 g/mol. The van der Waals surface area contributed by atoms with Crippen molar-refractivity contribution in [3.8, 4) is 0 Å². The average molecular weight is 339 g/mol.